The molecule has 0 saturated heterocycles. The van der Waals surface area contributed by atoms with E-state index in [9.17, 15) is 4.39 Å². The normalized spacial score (nSPS) is 12.1. The lowest BCUT2D eigenvalue weighted by Crippen LogP contribution is -2.13. The van der Waals surface area contributed by atoms with E-state index in [1.54, 1.807) is 19.2 Å². The first-order chi connectivity index (χ1) is 10.7. The molecule has 3 N–H and O–H groups in total. The predicted octanol–water partition coefficient (Wildman–Crippen LogP) is 2.67. The third kappa shape index (κ3) is 2.68. The first-order valence-corrected chi connectivity index (χ1v) is 6.76. The molecule has 0 aliphatic heterocycles. The van der Waals surface area contributed by atoms with Crippen LogP contribution in [0.15, 0.2) is 48.5 Å². The van der Waals surface area contributed by atoms with Crippen LogP contribution in [0.4, 0.5) is 4.39 Å². The fourth-order valence-electron chi connectivity index (χ4n) is 2.19. The highest BCUT2D eigenvalue weighted by molar-refractivity contribution is 5.63. The molecule has 5 nitrogen and oxygen atoms in total. The van der Waals surface area contributed by atoms with E-state index in [-0.39, 0.29) is 5.82 Å². The summed E-state index contributed by atoms with van der Waals surface area (Å²) in [6, 6.07) is 13.0. The van der Waals surface area contributed by atoms with E-state index in [1.807, 2.05) is 24.3 Å². The van der Waals surface area contributed by atoms with Crippen molar-refractivity contribution in [3.63, 3.8) is 0 Å². The molecule has 3 rings (SSSR count). The van der Waals surface area contributed by atoms with E-state index in [1.165, 1.54) is 12.1 Å². The number of aromatic amines is 1. The topological polar surface area (TPSA) is 76.8 Å². The number of hydrogen-bond acceptors (Lipinski definition) is 4. The van der Waals surface area contributed by atoms with Crippen LogP contribution in [0.2, 0.25) is 0 Å². The summed E-state index contributed by atoms with van der Waals surface area (Å²) in [5.74, 6) is 1.39. The van der Waals surface area contributed by atoms with Gasteiger partial charge in [-0.15, -0.1) is 0 Å². The van der Waals surface area contributed by atoms with Crippen LogP contribution in [0.25, 0.3) is 11.4 Å². The Kier molecular flexibility index (Phi) is 3.84. The van der Waals surface area contributed by atoms with Gasteiger partial charge in [-0.05, 0) is 29.8 Å². The number of hydrogen-bond donors (Lipinski definition) is 2. The standard InChI is InChI=1S/C16H15FN4O/c1-22-13-5-3-2-4-12(13)15-19-16(21-20-15)14(18)10-6-8-11(17)9-7-10/h2-9,14H,18H2,1H3,(H,19,20,21)/t14-/m1/s1. The molecule has 0 unspecified atom stereocenters. The maximum atomic E-state index is 13.0. The van der Waals surface area contributed by atoms with Gasteiger partial charge in [-0.25, -0.2) is 9.37 Å². The molecule has 0 aliphatic rings. The summed E-state index contributed by atoms with van der Waals surface area (Å²) in [5, 5.41) is 7.02. The Morgan fingerprint density at radius 2 is 1.86 bits per heavy atom. The molecule has 0 saturated carbocycles. The van der Waals surface area contributed by atoms with E-state index in [2.05, 4.69) is 15.2 Å². The number of nitrogens with two attached hydrogens (primary N) is 1. The van der Waals surface area contributed by atoms with Crippen molar-refractivity contribution in [1.29, 1.82) is 0 Å². The monoisotopic (exact) mass is 298 g/mol. The lowest BCUT2D eigenvalue weighted by Gasteiger charge is -2.08. The van der Waals surface area contributed by atoms with Crippen LogP contribution >= 0.6 is 0 Å². The Bertz CT molecular complexity index is 770. The highest BCUT2D eigenvalue weighted by Crippen LogP contribution is 2.27. The van der Waals surface area contributed by atoms with Gasteiger partial charge in [-0.2, -0.15) is 5.10 Å². The van der Waals surface area contributed by atoms with Crippen molar-refractivity contribution in [2.45, 2.75) is 6.04 Å². The molecule has 112 valence electrons. The van der Waals surface area contributed by atoms with Crippen LogP contribution in [0.1, 0.15) is 17.4 Å². The van der Waals surface area contributed by atoms with E-state index >= 15 is 0 Å². The number of halogens is 1. The molecule has 1 atom stereocenters. The SMILES string of the molecule is COc1ccccc1-c1n[nH]c([C@H](N)c2ccc(F)cc2)n1. The Hall–Kier alpha value is -2.73. The highest BCUT2D eigenvalue weighted by atomic mass is 19.1. The lowest BCUT2D eigenvalue weighted by atomic mass is 10.1. The van der Waals surface area contributed by atoms with Crippen molar-refractivity contribution in [3.8, 4) is 17.1 Å². The van der Waals surface area contributed by atoms with Gasteiger partial charge in [0.1, 0.15) is 17.4 Å². The predicted molar refractivity (Wildman–Crippen MR) is 80.8 cm³/mol. The minimum Gasteiger partial charge on any atom is -0.496 e. The first-order valence-electron chi connectivity index (χ1n) is 6.76. The Balaban J connectivity index is 1.92. The van der Waals surface area contributed by atoms with Gasteiger partial charge >= 0.3 is 0 Å². The van der Waals surface area contributed by atoms with Gasteiger partial charge in [0.05, 0.1) is 18.7 Å². The van der Waals surface area contributed by atoms with Crippen LogP contribution in [0, 0.1) is 5.82 Å². The van der Waals surface area contributed by atoms with Gasteiger partial charge in [0, 0.05) is 0 Å². The van der Waals surface area contributed by atoms with Gasteiger partial charge in [0.15, 0.2) is 5.82 Å². The summed E-state index contributed by atoms with van der Waals surface area (Å²) in [7, 11) is 1.59. The molecule has 0 spiro atoms. The van der Waals surface area contributed by atoms with Gasteiger partial charge in [-0.3, -0.25) is 5.10 Å². The summed E-state index contributed by atoms with van der Waals surface area (Å²) in [4.78, 5) is 4.42. The average Bonchev–Trinajstić information content (AvgIpc) is 3.04. The number of rotatable bonds is 4. The fraction of sp³-hybridized carbons (Fsp3) is 0.125. The van der Waals surface area contributed by atoms with Crippen molar-refractivity contribution in [1.82, 2.24) is 15.2 Å². The largest absolute Gasteiger partial charge is 0.496 e. The molecule has 0 radical (unpaired) electrons. The third-order valence-corrected chi connectivity index (χ3v) is 3.37. The van der Waals surface area contributed by atoms with Gasteiger partial charge in [0.2, 0.25) is 0 Å². The minimum absolute atomic E-state index is 0.303. The molecule has 2 aromatic carbocycles. The summed E-state index contributed by atoms with van der Waals surface area (Å²) >= 11 is 0. The van der Waals surface area contributed by atoms with Crippen molar-refractivity contribution < 1.29 is 9.13 Å². The summed E-state index contributed by atoms with van der Waals surface area (Å²) in [6.45, 7) is 0. The average molecular weight is 298 g/mol. The van der Waals surface area contributed by atoms with E-state index in [0.717, 1.165) is 11.1 Å². The van der Waals surface area contributed by atoms with Crippen LogP contribution < -0.4 is 10.5 Å². The van der Waals surface area contributed by atoms with E-state index in [0.29, 0.717) is 17.4 Å². The third-order valence-electron chi connectivity index (χ3n) is 3.37. The minimum atomic E-state index is -0.503. The van der Waals surface area contributed by atoms with Crippen molar-refractivity contribution >= 4 is 0 Å². The quantitative estimate of drug-likeness (QED) is 0.776. The molecular weight excluding hydrogens is 283 g/mol. The highest BCUT2D eigenvalue weighted by Gasteiger charge is 2.16. The van der Waals surface area contributed by atoms with Gasteiger partial charge in [0.25, 0.3) is 0 Å². The molecule has 1 aromatic heterocycles. The summed E-state index contributed by atoms with van der Waals surface area (Å²) in [6.07, 6.45) is 0. The Morgan fingerprint density at radius 3 is 2.59 bits per heavy atom. The maximum absolute atomic E-state index is 13.0. The van der Waals surface area contributed by atoms with Crippen LogP contribution in [-0.4, -0.2) is 22.3 Å². The molecule has 0 bridgehead atoms. The number of ether oxygens (including phenoxy) is 1. The maximum Gasteiger partial charge on any atom is 0.184 e. The summed E-state index contributed by atoms with van der Waals surface area (Å²) < 4.78 is 18.3. The molecular formula is C16H15FN4O. The smallest absolute Gasteiger partial charge is 0.184 e. The van der Waals surface area contributed by atoms with Gasteiger partial charge < -0.3 is 10.5 Å². The Morgan fingerprint density at radius 1 is 1.14 bits per heavy atom. The van der Waals surface area contributed by atoms with Crippen LogP contribution in [0.5, 0.6) is 5.75 Å². The Labute approximate surface area is 127 Å². The number of nitrogens with zero attached hydrogens (tertiary/aromatic N) is 2. The number of para-hydroxylation sites is 1. The van der Waals surface area contributed by atoms with Crippen LogP contribution in [0.3, 0.4) is 0 Å². The van der Waals surface area contributed by atoms with Crippen LogP contribution in [-0.2, 0) is 0 Å². The molecule has 3 aromatic rings. The first kappa shape index (κ1) is 14.2. The number of methoxy groups -OCH3 is 1. The van der Waals surface area contributed by atoms with E-state index in [4.69, 9.17) is 10.5 Å². The molecule has 0 amide bonds. The zero-order valence-electron chi connectivity index (χ0n) is 12.0. The molecule has 22 heavy (non-hydrogen) atoms. The summed E-state index contributed by atoms with van der Waals surface area (Å²) in [5.41, 5.74) is 7.67. The van der Waals surface area contributed by atoms with Gasteiger partial charge in [-0.1, -0.05) is 24.3 Å². The second-order valence-electron chi connectivity index (χ2n) is 4.77. The molecule has 1 heterocycles. The number of H-pyrrole nitrogens is 1. The number of benzene rings is 2. The number of aromatic nitrogens is 3. The van der Waals surface area contributed by atoms with Crippen molar-refractivity contribution in [2.75, 3.05) is 7.11 Å². The number of nitrogens with one attached hydrogen (secondary N) is 1. The van der Waals surface area contributed by atoms with E-state index < -0.39 is 6.04 Å². The van der Waals surface area contributed by atoms with Crippen molar-refractivity contribution in [3.05, 3.63) is 65.7 Å². The zero-order chi connectivity index (χ0) is 15.5. The molecule has 6 heteroatoms. The molecule has 0 fully saturated rings. The fourth-order valence-corrected chi connectivity index (χ4v) is 2.19. The zero-order valence-corrected chi connectivity index (χ0v) is 12.0. The van der Waals surface area contributed by atoms with Crippen molar-refractivity contribution in [2.24, 2.45) is 5.73 Å². The second-order valence-corrected chi connectivity index (χ2v) is 4.77. The second kappa shape index (κ2) is 5.95. The molecule has 0 aliphatic carbocycles. The lowest BCUT2D eigenvalue weighted by molar-refractivity contribution is 0.416.